The molecule has 0 fully saturated rings. The smallest absolute Gasteiger partial charge is 0.308 e. The van der Waals surface area contributed by atoms with Crippen molar-refractivity contribution in [1.29, 1.82) is 0 Å². The summed E-state index contributed by atoms with van der Waals surface area (Å²) in [6.07, 6.45) is -10.1. The average molecular weight is 705 g/mol. The number of aromatic nitrogens is 1. The third-order valence-electron chi connectivity index (χ3n) is 9.39. The minimum absolute atomic E-state index is 0.0991. The summed E-state index contributed by atoms with van der Waals surface area (Å²) in [5.41, 5.74) is 2.87. The molecule has 4 nitrogen and oxygen atoms in total. The Hall–Kier alpha value is -6.16. The summed E-state index contributed by atoms with van der Waals surface area (Å²) < 4.78 is 85.0. The third kappa shape index (κ3) is 5.42. The third-order valence-corrected chi connectivity index (χ3v) is 9.39. The van der Waals surface area contributed by atoms with Crippen LogP contribution in [0.4, 0.5) is 32.0 Å². The first kappa shape index (κ1) is 33.0. The predicted molar refractivity (Wildman–Crippen MR) is 189 cm³/mol. The van der Waals surface area contributed by atoms with E-state index in [0.717, 1.165) is 32.5 Å². The summed E-state index contributed by atoms with van der Waals surface area (Å²) >= 11 is 0. The number of rotatable bonds is 4. The van der Waals surface area contributed by atoms with Crippen LogP contribution in [0.15, 0.2) is 121 Å². The Balaban J connectivity index is 1.42. The van der Waals surface area contributed by atoms with Crippen molar-refractivity contribution in [1.82, 2.24) is 4.57 Å². The number of hydrogen-bond donors (Lipinski definition) is 0. The van der Waals surface area contributed by atoms with Crippen molar-refractivity contribution in [2.45, 2.75) is 26.2 Å². The molecule has 0 atom stereocenters. The number of para-hydroxylation sites is 1. The van der Waals surface area contributed by atoms with Gasteiger partial charge in [0.2, 0.25) is 0 Å². The van der Waals surface area contributed by atoms with Gasteiger partial charge in [-0.3, -0.25) is 9.59 Å². The number of aryl methyl sites for hydroxylation is 2. The number of halogens is 6. The zero-order valence-electron chi connectivity index (χ0n) is 27.5. The van der Waals surface area contributed by atoms with Crippen molar-refractivity contribution >= 4 is 39.3 Å². The first-order valence-corrected chi connectivity index (χ1v) is 16.2. The maximum atomic E-state index is 14.2. The Morgan fingerprint density at radius 3 is 1.58 bits per heavy atom. The van der Waals surface area contributed by atoms with Crippen LogP contribution >= 0.6 is 0 Å². The largest absolute Gasteiger partial charge is 0.416 e. The van der Waals surface area contributed by atoms with Gasteiger partial charge in [0.15, 0.2) is 0 Å². The Kier molecular flexibility index (Phi) is 7.42. The van der Waals surface area contributed by atoms with E-state index in [0.29, 0.717) is 39.9 Å². The second-order valence-electron chi connectivity index (χ2n) is 13.0. The number of nitrogens with zero attached hydrogens (tertiary/aromatic N) is 2. The fourth-order valence-electron chi connectivity index (χ4n) is 7.17. The fraction of sp³-hybridized carbons (Fsp3) is 0.0952. The van der Waals surface area contributed by atoms with E-state index in [1.807, 2.05) is 50.2 Å². The summed E-state index contributed by atoms with van der Waals surface area (Å²) in [5.74, 6) is -1.08. The first-order valence-electron chi connectivity index (χ1n) is 16.2. The molecular formula is C42H26F6N2O2. The summed E-state index contributed by atoms with van der Waals surface area (Å²) in [4.78, 5) is 29.0. The van der Waals surface area contributed by atoms with Crippen molar-refractivity contribution < 1.29 is 35.9 Å². The molecule has 10 heteroatoms. The Labute approximate surface area is 293 Å². The molecule has 0 spiro atoms. The predicted octanol–water partition coefficient (Wildman–Crippen LogP) is 11.6. The molecule has 0 unspecified atom stereocenters. The molecule has 0 saturated carbocycles. The summed E-state index contributed by atoms with van der Waals surface area (Å²) in [5, 5.41) is 1.37. The topological polar surface area (TPSA) is 42.3 Å². The lowest BCUT2D eigenvalue weighted by Crippen LogP contribution is -2.29. The molecule has 1 aliphatic rings. The lowest BCUT2D eigenvalue weighted by Gasteiger charge is -2.16. The maximum absolute atomic E-state index is 14.2. The second kappa shape index (κ2) is 11.7. The number of alkyl halides is 6. The molecule has 1 aromatic heterocycles. The molecule has 6 aromatic carbocycles. The van der Waals surface area contributed by atoms with E-state index >= 15 is 0 Å². The molecule has 0 aliphatic carbocycles. The van der Waals surface area contributed by atoms with Crippen LogP contribution in [0.25, 0.3) is 49.7 Å². The van der Waals surface area contributed by atoms with E-state index in [4.69, 9.17) is 0 Å². The fourth-order valence-corrected chi connectivity index (χ4v) is 7.17. The van der Waals surface area contributed by atoms with Gasteiger partial charge in [0.25, 0.3) is 11.8 Å². The van der Waals surface area contributed by atoms with Crippen molar-refractivity contribution in [3.63, 3.8) is 0 Å². The first-order chi connectivity index (χ1) is 24.7. The van der Waals surface area contributed by atoms with E-state index in [-0.39, 0.29) is 28.3 Å². The van der Waals surface area contributed by atoms with E-state index in [9.17, 15) is 35.9 Å². The van der Waals surface area contributed by atoms with Gasteiger partial charge in [-0.05, 0) is 90.7 Å². The zero-order chi connectivity index (χ0) is 36.7. The van der Waals surface area contributed by atoms with Crippen molar-refractivity contribution in [3.05, 3.63) is 155 Å². The second-order valence-corrected chi connectivity index (χ2v) is 13.0. The Morgan fingerprint density at radius 2 is 1.04 bits per heavy atom. The van der Waals surface area contributed by atoms with Crippen molar-refractivity contribution in [2.75, 3.05) is 4.90 Å². The summed E-state index contributed by atoms with van der Waals surface area (Å²) in [7, 11) is 0. The highest BCUT2D eigenvalue weighted by Crippen LogP contribution is 2.43. The molecule has 0 bridgehead atoms. The van der Waals surface area contributed by atoms with Crippen LogP contribution < -0.4 is 4.90 Å². The molecule has 0 N–H and O–H groups in total. The van der Waals surface area contributed by atoms with Crippen LogP contribution in [0.1, 0.15) is 43.0 Å². The standard InChI is InChI=1S/C42H26F6N2O2/c1-23-15-24(2)17-27(16-23)25-11-13-32-33-14-12-26(28-18-29(41(43,44)45)22-30(19-28)42(46,47)48)21-37(33)50(36(32)20-25)35-10-6-9-34-38(35)40(52)49(39(34)51)31-7-4-3-5-8-31/h3-22H,1-2H3. The average Bonchev–Trinajstić information content (AvgIpc) is 3.56. The number of imide groups is 1. The van der Waals surface area contributed by atoms with Gasteiger partial charge in [0.1, 0.15) is 0 Å². The van der Waals surface area contributed by atoms with E-state index in [2.05, 4.69) is 0 Å². The minimum atomic E-state index is -5.03. The molecule has 0 radical (unpaired) electrons. The van der Waals surface area contributed by atoms with E-state index in [1.165, 1.54) is 12.1 Å². The highest BCUT2D eigenvalue weighted by Gasteiger charge is 2.40. The number of fused-ring (bicyclic) bond motifs is 4. The van der Waals surface area contributed by atoms with Gasteiger partial charge in [0, 0.05) is 10.8 Å². The van der Waals surface area contributed by atoms with Crippen molar-refractivity contribution in [2.24, 2.45) is 0 Å². The molecule has 52 heavy (non-hydrogen) atoms. The van der Waals surface area contributed by atoms with Crippen LogP contribution in [0, 0.1) is 13.8 Å². The number of carbonyl (C=O) groups is 2. The number of amides is 2. The highest BCUT2D eigenvalue weighted by molar-refractivity contribution is 6.35. The van der Waals surface area contributed by atoms with Gasteiger partial charge >= 0.3 is 12.4 Å². The molecule has 2 amide bonds. The SMILES string of the molecule is Cc1cc(C)cc(-c2ccc3c4ccc(-c5cc(C(F)(F)F)cc(C(F)(F)F)c5)cc4n(-c4cccc5c4C(=O)N(c4ccccc4)C5=O)c3c2)c1. The maximum Gasteiger partial charge on any atom is 0.416 e. The molecule has 2 heterocycles. The van der Waals surface area contributed by atoms with E-state index in [1.54, 1.807) is 59.2 Å². The van der Waals surface area contributed by atoms with Crippen LogP contribution in [0.5, 0.6) is 0 Å². The van der Waals surface area contributed by atoms with Gasteiger partial charge < -0.3 is 4.57 Å². The van der Waals surface area contributed by atoms with Gasteiger partial charge in [-0.2, -0.15) is 26.3 Å². The molecule has 0 saturated heterocycles. The molecular weight excluding hydrogens is 678 g/mol. The number of benzene rings is 6. The summed E-state index contributed by atoms with van der Waals surface area (Å²) in [6.45, 7) is 3.97. The van der Waals surface area contributed by atoms with Gasteiger partial charge in [-0.25, -0.2) is 4.90 Å². The Bertz CT molecular complexity index is 2570. The van der Waals surface area contributed by atoms with E-state index < -0.39 is 35.3 Å². The minimum Gasteiger partial charge on any atom is -0.308 e. The van der Waals surface area contributed by atoms with Crippen LogP contribution in [-0.2, 0) is 12.4 Å². The quantitative estimate of drug-likeness (QED) is 0.135. The Morgan fingerprint density at radius 1 is 0.500 bits per heavy atom. The highest BCUT2D eigenvalue weighted by atomic mass is 19.4. The molecule has 258 valence electrons. The number of anilines is 1. The van der Waals surface area contributed by atoms with Crippen LogP contribution in [-0.4, -0.2) is 16.4 Å². The van der Waals surface area contributed by atoms with Crippen LogP contribution in [0.2, 0.25) is 0 Å². The van der Waals surface area contributed by atoms with Gasteiger partial charge in [0.05, 0.1) is 44.7 Å². The van der Waals surface area contributed by atoms with Gasteiger partial charge in [-0.15, -0.1) is 0 Å². The summed E-state index contributed by atoms with van der Waals surface area (Å²) in [6, 6.07) is 31.4. The molecule has 8 rings (SSSR count). The normalized spacial score (nSPS) is 13.4. The molecule has 1 aliphatic heterocycles. The lowest BCUT2D eigenvalue weighted by atomic mass is 9.97. The number of carbonyl (C=O) groups excluding carboxylic acids is 2. The van der Waals surface area contributed by atoms with Crippen molar-refractivity contribution in [3.8, 4) is 27.9 Å². The number of hydrogen-bond acceptors (Lipinski definition) is 2. The lowest BCUT2D eigenvalue weighted by molar-refractivity contribution is -0.143. The van der Waals surface area contributed by atoms with Gasteiger partial charge in [-0.1, -0.05) is 77.9 Å². The zero-order valence-corrected chi connectivity index (χ0v) is 27.5. The monoisotopic (exact) mass is 704 g/mol. The van der Waals surface area contributed by atoms with Crippen LogP contribution in [0.3, 0.4) is 0 Å². The molecule has 7 aromatic rings.